The van der Waals surface area contributed by atoms with Crippen LogP contribution >= 0.6 is 0 Å². The first-order valence-corrected chi connectivity index (χ1v) is 34.3. The lowest BCUT2D eigenvalue weighted by atomic mass is 10.0. The van der Waals surface area contributed by atoms with Crippen LogP contribution in [0.5, 0.6) is 0 Å². The van der Waals surface area contributed by atoms with Crippen LogP contribution in [0.2, 0.25) is 0 Å². The quantitative estimate of drug-likeness (QED) is 0.0261. The van der Waals surface area contributed by atoms with E-state index in [1.165, 1.54) is 116 Å². The van der Waals surface area contributed by atoms with Gasteiger partial charge in [0.2, 0.25) is 0 Å². The fourth-order valence-electron chi connectivity index (χ4n) is 9.23. The molecule has 0 aliphatic carbocycles. The molecule has 0 rings (SSSR count). The average Bonchev–Trinajstić information content (AvgIpc) is 3.49. The highest BCUT2D eigenvalue weighted by Gasteiger charge is 2.19. The van der Waals surface area contributed by atoms with E-state index in [-0.39, 0.29) is 31.1 Å². The second-order valence-corrected chi connectivity index (χ2v) is 22.3. The second kappa shape index (κ2) is 69.8. The van der Waals surface area contributed by atoms with Gasteiger partial charge in [0.05, 0.1) is 0 Å². The number of unbranched alkanes of at least 4 members (excludes halogenated alkanes) is 26. The predicted octanol–water partition coefficient (Wildman–Crippen LogP) is 23.9. The van der Waals surface area contributed by atoms with Gasteiger partial charge in [-0.05, 0) is 141 Å². The minimum absolute atomic E-state index is 0.0994. The summed E-state index contributed by atoms with van der Waals surface area (Å²) in [6, 6.07) is 0. The molecule has 0 aromatic carbocycles. The summed E-state index contributed by atoms with van der Waals surface area (Å²) in [5.41, 5.74) is 0. The third-order valence-electron chi connectivity index (χ3n) is 14.3. The zero-order valence-corrected chi connectivity index (χ0v) is 53.9. The maximum atomic E-state index is 13.0. The lowest BCUT2D eigenvalue weighted by molar-refractivity contribution is -0.167. The Hall–Kier alpha value is -4.71. The first-order chi connectivity index (χ1) is 41.0. The van der Waals surface area contributed by atoms with E-state index >= 15 is 0 Å². The smallest absolute Gasteiger partial charge is 0.306 e. The summed E-state index contributed by atoms with van der Waals surface area (Å²) in [4.78, 5) is 38.5. The molecule has 0 aliphatic heterocycles. The minimum Gasteiger partial charge on any atom is -0.462 e. The second-order valence-electron chi connectivity index (χ2n) is 22.3. The molecular formula is C77H126O6. The molecule has 0 aromatic heterocycles. The normalized spacial score (nSPS) is 13.0. The van der Waals surface area contributed by atoms with Gasteiger partial charge in [-0.2, -0.15) is 0 Å². The summed E-state index contributed by atoms with van der Waals surface area (Å²) in [5.74, 6) is -0.943. The third kappa shape index (κ3) is 68.0. The zero-order chi connectivity index (χ0) is 59.9. The van der Waals surface area contributed by atoms with Crippen molar-refractivity contribution in [2.24, 2.45) is 0 Å². The SMILES string of the molecule is CC/C=C\C/C=C\C/C=C\C/C=C\C/C=C\CCCCCC(=O)OCC(COC(=O)CCCCCCCCCCCCCC/C=C\C/C=C\C/C=C\C/C=C\CC)OC(=O)CCCCCCCC/C=C\C/C=C\C/C=C\CCCCCCC. The van der Waals surface area contributed by atoms with Crippen molar-refractivity contribution in [3.8, 4) is 0 Å². The van der Waals surface area contributed by atoms with Crippen LogP contribution in [0.25, 0.3) is 0 Å². The van der Waals surface area contributed by atoms with Crippen molar-refractivity contribution in [2.75, 3.05) is 13.2 Å². The van der Waals surface area contributed by atoms with Gasteiger partial charge in [-0.25, -0.2) is 0 Å². The Morgan fingerprint density at radius 1 is 0.253 bits per heavy atom. The van der Waals surface area contributed by atoms with Crippen LogP contribution in [0, 0.1) is 0 Å². The fraction of sp³-hybridized carbons (Fsp3) is 0.649. The summed E-state index contributed by atoms with van der Waals surface area (Å²) in [7, 11) is 0. The van der Waals surface area contributed by atoms with Crippen LogP contribution in [0.4, 0.5) is 0 Å². The largest absolute Gasteiger partial charge is 0.462 e. The van der Waals surface area contributed by atoms with Gasteiger partial charge < -0.3 is 14.2 Å². The van der Waals surface area contributed by atoms with Crippen LogP contribution < -0.4 is 0 Å². The van der Waals surface area contributed by atoms with Gasteiger partial charge >= 0.3 is 17.9 Å². The van der Waals surface area contributed by atoms with E-state index in [4.69, 9.17) is 14.2 Å². The molecule has 1 unspecified atom stereocenters. The summed E-state index contributed by atoms with van der Waals surface area (Å²) in [6.45, 7) is 6.38. The molecular weight excluding hydrogens is 1020 g/mol. The van der Waals surface area contributed by atoms with Crippen molar-refractivity contribution in [1.29, 1.82) is 0 Å². The zero-order valence-electron chi connectivity index (χ0n) is 53.9. The Labute approximate surface area is 512 Å². The molecule has 0 saturated carbocycles. The molecule has 0 aromatic rings. The number of rotatable bonds is 61. The van der Waals surface area contributed by atoms with E-state index in [1.54, 1.807) is 0 Å². The Balaban J connectivity index is 4.46. The maximum absolute atomic E-state index is 13.0. The van der Waals surface area contributed by atoms with Crippen LogP contribution in [0.3, 0.4) is 0 Å². The molecule has 0 bridgehead atoms. The van der Waals surface area contributed by atoms with Crippen LogP contribution in [-0.4, -0.2) is 37.2 Å². The van der Waals surface area contributed by atoms with E-state index in [0.29, 0.717) is 19.3 Å². The molecule has 0 radical (unpaired) electrons. The van der Waals surface area contributed by atoms with E-state index in [0.717, 1.165) is 148 Å². The third-order valence-corrected chi connectivity index (χ3v) is 14.3. The van der Waals surface area contributed by atoms with Gasteiger partial charge in [0.1, 0.15) is 13.2 Å². The number of hydrogen-bond acceptors (Lipinski definition) is 6. The Bertz CT molecular complexity index is 1800. The van der Waals surface area contributed by atoms with Crippen LogP contribution in [-0.2, 0) is 28.6 Å². The van der Waals surface area contributed by atoms with E-state index < -0.39 is 6.10 Å². The molecule has 0 N–H and O–H groups in total. The van der Waals surface area contributed by atoms with Gasteiger partial charge in [0.25, 0.3) is 0 Å². The minimum atomic E-state index is -0.808. The maximum Gasteiger partial charge on any atom is 0.306 e. The van der Waals surface area contributed by atoms with Crippen LogP contribution in [0.15, 0.2) is 146 Å². The summed E-state index contributed by atoms with van der Waals surface area (Å²) in [6.07, 6.45) is 100.0. The first-order valence-electron chi connectivity index (χ1n) is 34.3. The Morgan fingerprint density at radius 2 is 0.470 bits per heavy atom. The van der Waals surface area contributed by atoms with Crippen molar-refractivity contribution in [3.05, 3.63) is 146 Å². The molecule has 470 valence electrons. The molecule has 83 heavy (non-hydrogen) atoms. The lowest BCUT2D eigenvalue weighted by Gasteiger charge is -2.18. The van der Waals surface area contributed by atoms with Crippen molar-refractivity contribution in [2.45, 2.75) is 309 Å². The van der Waals surface area contributed by atoms with E-state index in [1.807, 2.05) is 0 Å². The number of ether oxygens (including phenoxy) is 3. The Morgan fingerprint density at radius 3 is 0.747 bits per heavy atom. The lowest BCUT2D eigenvalue weighted by Crippen LogP contribution is -2.30. The number of carbonyl (C=O) groups is 3. The van der Waals surface area contributed by atoms with Gasteiger partial charge in [-0.1, -0.05) is 289 Å². The summed E-state index contributed by atoms with van der Waals surface area (Å²) < 4.78 is 16.9. The molecule has 0 fully saturated rings. The predicted molar refractivity (Wildman–Crippen MR) is 362 cm³/mol. The highest BCUT2D eigenvalue weighted by atomic mass is 16.6. The van der Waals surface area contributed by atoms with Gasteiger partial charge in [0, 0.05) is 19.3 Å². The molecule has 6 heteroatoms. The average molecular weight is 1150 g/mol. The van der Waals surface area contributed by atoms with E-state index in [9.17, 15) is 14.4 Å². The fourth-order valence-corrected chi connectivity index (χ4v) is 9.23. The number of esters is 3. The van der Waals surface area contributed by atoms with Gasteiger partial charge in [-0.15, -0.1) is 0 Å². The topological polar surface area (TPSA) is 78.9 Å². The molecule has 0 amide bonds. The van der Waals surface area contributed by atoms with Crippen molar-refractivity contribution < 1.29 is 28.6 Å². The molecule has 0 spiro atoms. The molecule has 0 saturated heterocycles. The number of allylic oxidation sites excluding steroid dienone is 24. The molecule has 0 heterocycles. The monoisotopic (exact) mass is 1150 g/mol. The Kier molecular flexibility index (Phi) is 65.8. The standard InChI is InChI=1S/C77H126O6/c1-4-7-10-13-16-19-22-25-28-31-34-36-37-38-39-41-43-46-49-52-55-58-61-64-67-70-76(79)82-73-74(72-81-75(78)69-66-63-60-57-54-51-48-45-42-33-30-27-24-21-18-15-12-9-6-3)83-77(80)71-68-65-62-59-56-53-50-47-44-40-35-32-29-26-23-20-17-14-11-8-5-2/h7,9-10,12,16,18-19,21,23,25-28,30,32,34-36,42,44-45,47,51,54,74H,4-6,8,11,13-15,17,20,22,24,29,31,33,37-41,43,46,48-50,52-53,55-73H2,1-3H3/b10-7-,12-9-,19-16-,21-18-,26-23-,28-25-,30-27-,35-32-,36-34-,45-42-,47-44-,54-51-. The number of hydrogen-bond donors (Lipinski definition) is 0. The highest BCUT2D eigenvalue weighted by Crippen LogP contribution is 2.16. The summed E-state index contributed by atoms with van der Waals surface area (Å²) in [5, 5.41) is 0. The first kappa shape index (κ1) is 78.3. The van der Waals surface area contributed by atoms with Crippen LogP contribution in [0.1, 0.15) is 303 Å². The van der Waals surface area contributed by atoms with E-state index in [2.05, 4.69) is 167 Å². The van der Waals surface area contributed by atoms with Crippen molar-refractivity contribution in [1.82, 2.24) is 0 Å². The van der Waals surface area contributed by atoms with Gasteiger partial charge in [-0.3, -0.25) is 14.4 Å². The number of carbonyl (C=O) groups excluding carboxylic acids is 3. The van der Waals surface area contributed by atoms with Crippen molar-refractivity contribution in [3.63, 3.8) is 0 Å². The van der Waals surface area contributed by atoms with Crippen molar-refractivity contribution >= 4 is 17.9 Å². The van der Waals surface area contributed by atoms with Gasteiger partial charge in [0.15, 0.2) is 6.10 Å². The molecule has 6 nitrogen and oxygen atoms in total. The molecule has 0 aliphatic rings. The highest BCUT2D eigenvalue weighted by molar-refractivity contribution is 5.71. The molecule has 1 atom stereocenters. The summed E-state index contributed by atoms with van der Waals surface area (Å²) >= 11 is 0.